The van der Waals surface area contributed by atoms with Crippen molar-refractivity contribution in [2.75, 3.05) is 5.32 Å². The molecule has 1 aromatic carbocycles. The summed E-state index contributed by atoms with van der Waals surface area (Å²) in [4.78, 5) is 14.7. The molecule has 17 heavy (non-hydrogen) atoms. The summed E-state index contributed by atoms with van der Waals surface area (Å²) >= 11 is 5.67. The van der Waals surface area contributed by atoms with E-state index >= 15 is 0 Å². The molecule has 90 valence electrons. The third kappa shape index (κ3) is 2.58. The molecule has 1 heterocycles. The van der Waals surface area contributed by atoms with Crippen LogP contribution in [-0.2, 0) is 4.79 Å². The minimum atomic E-state index is -4.62. The molecule has 0 saturated heterocycles. The van der Waals surface area contributed by atoms with E-state index in [1.165, 1.54) is 18.2 Å². The first-order chi connectivity index (χ1) is 7.86. The average Bonchev–Trinajstić information content (AvgIpc) is 2.35. The van der Waals surface area contributed by atoms with E-state index in [1.807, 2.05) is 0 Å². The summed E-state index contributed by atoms with van der Waals surface area (Å²) in [6, 6.07) is 4.15. The predicted octanol–water partition coefficient (Wildman–Crippen LogP) is 3.32. The maximum Gasteiger partial charge on any atom is 0.430 e. The number of hydrogen-bond acceptors (Lipinski definition) is 2. The van der Waals surface area contributed by atoms with Crippen molar-refractivity contribution in [1.82, 2.24) is 0 Å². The van der Waals surface area contributed by atoms with Gasteiger partial charge in [0.05, 0.1) is 17.8 Å². The maximum atomic E-state index is 12.5. The Morgan fingerprint density at radius 2 is 2.06 bits per heavy atom. The fourth-order valence-electron chi connectivity index (χ4n) is 1.40. The molecule has 1 N–H and O–H groups in total. The van der Waals surface area contributed by atoms with Crippen LogP contribution in [0.1, 0.15) is 6.42 Å². The molecule has 0 fully saturated rings. The number of nitrogens with one attached hydrogen (secondary N) is 1. The molecule has 0 bridgehead atoms. The lowest BCUT2D eigenvalue weighted by atomic mass is 10.2. The van der Waals surface area contributed by atoms with Crippen LogP contribution in [0.15, 0.2) is 23.2 Å². The topological polar surface area (TPSA) is 41.5 Å². The molecule has 0 spiro atoms. The highest BCUT2D eigenvalue weighted by atomic mass is 35.5. The molecule has 3 nitrogen and oxygen atoms in total. The standard InChI is InChI=1S/C10H6ClF3N2O/c11-5-1-2-6-7(3-5)15-8(10(12,13)14)4-9(17)16-6/h1-3H,4H2,(H,16,17). The Kier molecular flexibility index (Phi) is 2.82. The van der Waals surface area contributed by atoms with Crippen molar-refractivity contribution in [1.29, 1.82) is 0 Å². The zero-order valence-electron chi connectivity index (χ0n) is 8.31. The van der Waals surface area contributed by atoms with Crippen molar-refractivity contribution in [2.45, 2.75) is 12.6 Å². The van der Waals surface area contributed by atoms with Gasteiger partial charge in [0.25, 0.3) is 0 Å². The van der Waals surface area contributed by atoms with Crippen LogP contribution in [-0.4, -0.2) is 17.8 Å². The molecule has 0 radical (unpaired) electrons. The fourth-order valence-corrected chi connectivity index (χ4v) is 1.56. The van der Waals surface area contributed by atoms with Crippen molar-refractivity contribution in [3.63, 3.8) is 0 Å². The molecular weight excluding hydrogens is 257 g/mol. The lowest BCUT2D eigenvalue weighted by Crippen LogP contribution is -2.26. The van der Waals surface area contributed by atoms with Gasteiger partial charge in [-0.3, -0.25) is 4.79 Å². The molecule has 0 atom stereocenters. The summed E-state index contributed by atoms with van der Waals surface area (Å²) in [6.45, 7) is 0. The van der Waals surface area contributed by atoms with Crippen LogP contribution in [0.4, 0.5) is 24.5 Å². The molecule has 2 rings (SSSR count). The Bertz CT molecular complexity index is 511. The van der Waals surface area contributed by atoms with Crippen LogP contribution < -0.4 is 5.32 Å². The second-order valence-electron chi connectivity index (χ2n) is 3.44. The van der Waals surface area contributed by atoms with E-state index < -0.39 is 24.2 Å². The molecule has 1 aromatic rings. The van der Waals surface area contributed by atoms with E-state index in [2.05, 4.69) is 10.3 Å². The highest BCUT2D eigenvalue weighted by Gasteiger charge is 2.38. The smallest absolute Gasteiger partial charge is 0.324 e. The van der Waals surface area contributed by atoms with Crippen molar-refractivity contribution in [3.8, 4) is 0 Å². The first-order valence-electron chi connectivity index (χ1n) is 4.60. The molecule has 0 unspecified atom stereocenters. The lowest BCUT2D eigenvalue weighted by molar-refractivity contribution is -0.116. The van der Waals surface area contributed by atoms with Crippen LogP contribution in [0, 0.1) is 0 Å². The maximum absolute atomic E-state index is 12.5. The minimum absolute atomic E-state index is 0.00988. The molecule has 7 heteroatoms. The zero-order chi connectivity index (χ0) is 12.6. The minimum Gasteiger partial charge on any atom is -0.324 e. The van der Waals surface area contributed by atoms with Crippen LogP contribution >= 0.6 is 11.6 Å². The number of aliphatic imine (C=N–C) groups is 1. The van der Waals surface area contributed by atoms with E-state index in [4.69, 9.17) is 11.6 Å². The Labute approximate surface area is 99.3 Å². The number of alkyl halides is 3. The van der Waals surface area contributed by atoms with E-state index in [1.54, 1.807) is 0 Å². The summed E-state index contributed by atoms with van der Waals surface area (Å²) in [6.07, 6.45) is -5.42. The van der Waals surface area contributed by atoms with Gasteiger partial charge in [0, 0.05) is 5.02 Å². The number of benzene rings is 1. The molecule has 1 amide bonds. The summed E-state index contributed by atoms with van der Waals surface area (Å²) in [5.74, 6) is -0.748. The quantitative estimate of drug-likeness (QED) is 0.766. The number of fused-ring (bicyclic) bond motifs is 1. The van der Waals surface area contributed by atoms with Crippen molar-refractivity contribution in [2.24, 2.45) is 4.99 Å². The van der Waals surface area contributed by atoms with Gasteiger partial charge in [-0.25, -0.2) is 4.99 Å². The molecule has 0 aromatic heterocycles. The first kappa shape index (κ1) is 11.9. The van der Waals surface area contributed by atoms with Crippen LogP contribution in [0.25, 0.3) is 0 Å². The number of carbonyl (C=O) groups excluding carboxylic acids is 1. The molecule has 0 aliphatic carbocycles. The number of amides is 1. The normalized spacial score (nSPS) is 15.8. The van der Waals surface area contributed by atoms with Crippen molar-refractivity contribution < 1.29 is 18.0 Å². The van der Waals surface area contributed by atoms with E-state index in [0.29, 0.717) is 0 Å². The SMILES string of the molecule is O=C1CC(C(F)(F)F)=Nc2cc(Cl)ccc2N1. The monoisotopic (exact) mass is 262 g/mol. The van der Waals surface area contributed by atoms with Crippen LogP contribution in [0.3, 0.4) is 0 Å². The zero-order valence-corrected chi connectivity index (χ0v) is 9.06. The molecule has 0 saturated carbocycles. The number of hydrogen-bond donors (Lipinski definition) is 1. The van der Waals surface area contributed by atoms with Gasteiger partial charge in [-0.1, -0.05) is 11.6 Å². The van der Waals surface area contributed by atoms with Gasteiger partial charge < -0.3 is 5.32 Å². The highest BCUT2D eigenvalue weighted by molar-refractivity contribution is 6.31. The number of carbonyl (C=O) groups is 1. The summed E-state index contributed by atoms with van der Waals surface area (Å²) < 4.78 is 37.6. The van der Waals surface area contributed by atoms with E-state index in [0.717, 1.165) is 0 Å². The number of nitrogens with zero attached hydrogens (tertiary/aromatic N) is 1. The number of anilines is 1. The Hall–Kier alpha value is -1.56. The van der Waals surface area contributed by atoms with Gasteiger partial charge in [-0.2, -0.15) is 13.2 Å². The second kappa shape index (κ2) is 4.03. The Balaban J connectivity index is 2.55. The summed E-state index contributed by atoms with van der Waals surface area (Å²) in [7, 11) is 0. The predicted molar refractivity (Wildman–Crippen MR) is 57.8 cm³/mol. The molecule has 1 aliphatic heterocycles. The third-order valence-corrected chi connectivity index (χ3v) is 2.38. The molecular formula is C10H6ClF3N2O. The largest absolute Gasteiger partial charge is 0.430 e. The third-order valence-electron chi connectivity index (χ3n) is 2.14. The number of rotatable bonds is 0. The average molecular weight is 263 g/mol. The van der Waals surface area contributed by atoms with Crippen molar-refractivity contribution in [3.05, 3.63) is 23.2 Å². The van der Waals surface area contributed by atoms with Gasteiger partial charge in [0.15, 0.2) is 0 Å². The van der Waals surface area contributed by atoms with E-state index in [-0.39, 0.29) is 16.4 Å². The fraction of sp³-hybridized carbons (Fsp3) is 0.200. The first-order valence-corrected chi connectivity index (χ1v) is 4.98. The Morgan fingerprint density at radius 3 is 2.71 bits per heavy atom. The summed E-state index contributed by atoms with van der Waals surface area (Å²) in [5, 5.41) is 2.59. The lowest BCUT2D eigenvalue weighted by Gasteiger charge is -2.06. The van der Waals surface area contributed by atoms with E-state index in [9.17, 15) is 18.0 Å². The second-order valence-corrected chi connectivity index (χ2v) is 3.88. The van der Waals surface area contributed by atoms with Crippen LogP contribution in [0.5, 0.6) is 0 Å². The van der Waals surface area contributed by atoms with Crippen LogP contribution in [0.2, 0.25) is 5.02 Å². The highest BCUT2D eigenvalue weighted by Crippen LogP contribution is 2.33. The Morgan fingerprint density at radius 1 is 1.35 bits per heavy atom. The number of halogens is 4. The van der Waals surface area contributed by atoms with Crippen molar-refractivity contribution >= 4 is 34.6 Å². The van der Waals surface area contributed by atoms with Gasteiger partial charge in [-0.15, -0.1) is 0 Å². The summed E-state index contributed by atoms with van der Waals surface area (Å²) in [5.41, 5.74) is -0.898. The molecule has 1 aliphatic rings. The van der Waals surface area contributed by atoms with Gasteiger partial charge in [0.1, 0.15) is 5.71 Å². The van der Waals surface area contributed by atoms with Gasteiger partial charge >= 0.3 is 6.18 Å². The van der Waals surface area contributed by atoms with Gasteiger partial charge in [-0.05, 0) is 18.2 Å². The van der Waals surface area contributed by atoms with Gasteiger partial charge in [0.2, 0.25) is 5.91 Å².